The fourth-order valence-electron chi connectivity index (χ4n) is 1.08. The third-order valence-electron chi connectivity index (χ3n) is 1.68. The topological polar surface area (TPSA) is 40.5 Å². The highest BCUT2D eigenvalue weighted by Gasteiger charge is 2.21. The van der Waals surface area contributed by atoms with Crippen molar-refractivity contribution in [3.63, 3.8) is 0 Å². The summed E-state index contributed by atoms with van der Waals surface area (Å²) in [6, 6.07) is 0. The first kappa shape index (κ1) is 7.57. The van der Waals surface area contributed by atoms with Crippen molar-refractivity contribution < 1.29 is 10.0 Å². The van der Waals surface area contributed by atoms with Gasteiger partial charge in [0.1, 0.15) is 0 Å². The van der Waals surface area contributed by atoms with Gasteiger partial charge in [0.2, 0.25) is 0 Å². The maximum Gasteiger partial charge on any atom is 0.459 e. The Morgan fingerprint density at radius 2 is 2.30 bits per heavy atom. The molecule has 54 valence electrons. The van der Waals surface area contributed by atoms with E-state index in [9.17, 15) is 0 Å². The van der Waals surface area contributed by atoms with Gasteiger partial charge >= 0.3 is 7.12 Å². The van der Waals surface area contributed by atoms with Crippen LogP contribution in [-0.4, -0.2) is 17.2 Å². The molecule has 1 aliphatic carbocycles. The van der Waals surface area contributed by atoms with Crippen LogP contribution in [0.25, 0.3) is 0 Å². The minimum Gasteiger partial charge on any atom is -0.427 e. The van der Waals surface area contributed by atoms with Crippen molar-refractivity contribution in [3.05, 3.63) is 23.8 Å². The van der Waals surface area contributed by atoms with E-state index in [4.69, 9.17) is 10.0 Å². The minimum atomic E-state index is -1.21. The van der Waals surface area contributed by atoms with Gasteiger partial charge in [-0.2, -0.15) is 0 Å². The van der Waals surface area contributed by atoms with Crippen molar-refractivity contribution in [2.24, 2.45) is 0 Å². The monoisotopic (exact) mass is 138 g/mol. The molecule has 0 radical (unpaired) electrons. The zero-order chi connectivity index (χ0) is 7.56. The van der Waals surface area contributed by atoms with Crippen molar-refractivity contribution in [1.29, 1.82) is 0 Å². The summed E-state index contributed by atoms with van der Waals surface area (Å²) in [6.45, 7) is 1.98. The summed E-state index contributed by atoms with van der Waals surface area (Å²) in [7, 11) is -1.21. The lowest BCUT2D eigenvalue weighted by atomic mass is 9.68. The van der Waals surface area contributed by atoms with Crippen LogP contribution in [0.4, 0.5) is 0 Å². The Kier molecular flexibility index (Phi) is 2.30. The van der Waals surface area contributed by atoms with Gasteiger partial charge in [0.15, 0.2) is 0 Å². The molecule has 2 nitrogen and oxygen atoms in total. The maximum absolute atomic E-state index is 8.77. The maximum atomic E-state index is 8.77. The van der Waals surface area contributed by atoms with E-state index in [0.29, 0.717) is 0 Å². The van der Waals surface area contributed by atoms with Crippen LogP contribution in [0.3, 0.4) is 0 Å². The third-order valence-corrected chi connectivity index (χ3v) is 1.68. The van der Waals surface area contributed by atoms with Crippen LogP contribution in [0.1, 0.15) is 13.3 Å². The Labute approximate surface area is 61.0 Å². The molecule has 2 N–H and O–H groups in total. The molecule has 1 unspecified atom stereocenters. The summed E-state index contributed by atoms with van der Waals surface area (Å²) >= 11 is 0. The highest BCUT2D eigenvalue weighted by Crippen LogP contribution is 2.23. The Bertz CT molecular complexity index is 172. The number of allylic oxidation sites excluding steroid dienone is 4. The second-order valence-electron chi connectivity index (χ2n) is 2.68. The summed E-state index contributed by atoms with van der Waals surface area (Å²) in [6.07, 6.45) is 6.42. The first-order chi connectivity index (χ1) is 4.70. The van der Waals surface area contributed by atoms with Crippen LogP contribution in [-0.2, 0) is 0 Å². The van der Waals surface area contributed by atoms with Crippen LogP contribution in [0.2, 0.25) is 5.82 Å². The van der Waals surface area contributed by atoms with Gasteiger partial charge in [0.25, 0.3) is 0 Å². The van der Waals surface area contributed by atoms with E-state index >= 15 is 0 Å². The van der Waals surface area contributed by atoms with E-state index in [1.165, 1.54) is 5.57 Å². The molecule has 0 heterocycles. The van der Waals surface area contributed by atoms with Crippen molar-refractivity contribution in [2.45, 2.75) is 19.2 Å². The molecule has 0 spiro atoms. The minimum absolute atomic E-state index is 0.106. The van der Waals surface area contributed by atoms with Gasteiger partial charge in [-0.05, 0) is 13.3 Å². The fourth-order valence-corrected chi connectivity index (χ4v) is 1.08. The van der Waals surface area contributed by atoms with E-state index in [1.807, 2.05) is 25.2 Å². The van der Waals surface area contributed by atoms with E-state index < -0.39 is 7.12 Å². The predicted molar refractivity (Wildman–Crippen MR) is 41.5 cm³/mol. The van der Waals surface area contributed by atoms with Gasteiger partial charge in [0.05, 0.1) is 0 Å². The SMILES string of the molecule is CC1=CC=CC(B(O)O)C1. The van der Waals surface area contributed by atoms with Crippen LogP contribution in [0.15, 0.2) is 23.8 Å². The Balaban J connectivity index is 2.55. The van der Waals surface area contributed by atoms with Crippen LogP contribution in [0.5, 0.6) is 0 Å². The number of hydrogen-bond donors (Lipinski definition) is 2. The van der Waals surface area contributed by atoms with Gasteiger partial charge in [-0.25, -0.2) is 0 Å². The van der Waals surface area contributed by atoms with Crippen LogP contribution in [0, 0.1) is 0 Å². The molecule has 0 saturated heterocycles. The molecule has 0 bridgehead atoms. The summed E-state index contributed by atoms with van der Waals surface area (Å²) in [5.74, 6) is -0.106. The van der Waals surface area contributed by atoms with Crippen LogP contribution < -0.4 is 0 Å². The number of hydrogen-bond acceptors (Lipinski definition) is 2. The van der Waals surface area contributed by atoms with E-state index in [2.05, 4.69) is 0 Å². The largest absolute Gasteiger partial charge is 0.459 e. The Morgan fingerprint density at radius 1 is 1.60 bits per heavy atom. The molecular formula is C7H11BO2. The van der Waals surface area contributed by atoms with Gasteiger partial charge in [-0.1, -0.05) is 23.8 Å². The zero-order valence-corrected chi connectivity index (χ0v) is 5.99. The van der Waals surface area contributed by atoms with Crippen molar-refractivity contribution in [3.8, 4) is 0 Å². The van der Waals surface area contributed by atoms with Crippen molar-refractivity contribution in [2.75, 3.05) is 0 Å². The summed E-state index contributed by atoms with van der Waals surface area (Å²) < 4.78 is 0. The normalized spacial score (nSPS) is 24.3. The van der Waals surface area contributed by atoms with Crippen molar-refractivity contribution >= 4 is 7.12 Å². The molecule has 0 aromatic rings. The molecule has 0 saturated carbocycles. The molecule has 0 fully saturated rings. The molecule has 1 atom stereocenters. The molecule has 10 heavy (non-hydrogen) atoms. The number of rotatable bonds is 1. The Hall–Kier alpha value is -0.535. The van der Waals surface area contributed by atoms with Gasteiger partial charge < -0.3 is 10.0 Å². The molecule has 3 heteroatoms. The van der Waals surface area contributed by atoms with Crippen molar-refractivity contribution in [1.82, 2.24) is 0 Å². The van der Waals surface area contributed by atoms with Crippen LogP contribution >= 0.6 is 0 Å². The van der Waals surface area contributed by atoms with Gasteiger partial charge in [-0.3, -0.25) is 0 Å². The zero-order valence-electron chi connectivity index (χ0n) is 5.99. The lowest BCUT2D eigenvalue weighted by Gasteiger charge is -2.14. The van der Waals surface area contributed by atoms with E-state index in [1.54, 1.807) is 0 Å². The van der Waals surface area contributed by atoms with E-state index in [0.717, 1.165) is 6.42 Å². The average Bonchev–Trinajstić information content (AvgIpc) is 1.88. The first-order valence-corrected chi connectivity index (χ1v) is 3.40. The highest BCUT2D eigenvalue weighted by molar-refractivity contribution is 6.44. The highest BCUT2D eigenvalue weighted by atomic mass is 16.4. The smallest absolute Gasteiger partial charge is 0.427 e. The summed E-state index contributed by atoms with van der Waals surface area (Å²) in [5.41, 5.74) is 1.20. The second kappa shape index (κ2) is 3.04. The lowest BCUT2D eigenvalue weighted by molar-refractivity contribution is 0.393. The lowest BCUT2D eigenvalue weighted by Crippen LogP contribution is -2.19. The molecule has 0 aromatic carbocycles. The quantitative estimate of drug-likeness (QED) is 0.524. The summed E-state index contributed by atoms with van der Waals surface area (Å²) in [5, 5.41) is 17.5. The fraction of sp³-hybridized carbons (Fsp3) is 0.429. The predicted octanol–water partition coefficient (Wildman–Crippen LogP) is 0.736. The molecule has 0 amide bonds. The molecule has 1 rings (SSSR count). The third kappa shape index (κ3) is 1.72. The van der Waals surface area contributed by atoms with Gasteiger partial charge in [-0.15, -0.1) is 0 Å². The van der Waals surface area contributed by atoms with Gasteiger partial charge in [0, 0.05) is 5.82 Å². The summed E-state index contributed by atoms with van der Waals surface area (Å²) in [4.78, 5) is 0. The molecule has 1 aliphatic rings. The standard InChI is InChI=1S/C7H11BO2/c1-6-3-2-4-7(5-6)8(9)10/h2-4,7,9-10H,5H2,1H3. The molecular weight excluding hydrogens is 127 g/mol. The average molecular weight is 138 g/mol. The molecule has 0 aliphatic heterocycles. The van der Waals surface area contributed by atoms with E-state index in [-0.39, 0.29) is 5.82 Å². The Morgan fingerprint density at radius 3 is 2.70 bits per heavy atom. The molecule has 0 aromatic heterocycles. The first-order valence-electron chi connectivity index (χ1n) is 3.40. The second-order valence-corrected chi connectivity index (χ2v) is 2.68.